The van der Waals surface area contributed by atoms with E-state index in [9.17, 15) is 24.1 Å². The minimum atomic E-state index is -1.24. The molecule has 31 heavy (non-hydrogen) atoms. The van der Waals surface area contributed by atoms with Crippen LogP contribution in [0.3, 0.4) is 0 Å². The molecule has 3 N–H and O–H groups in total. The zero-order chi connectivity index (χ0) is 22.9. The predicted molar refractivity (Wildman–Crippen MR) is 106 cm³/mol. The highest BCUT2D eigenvalue weighted by molar-refractivity contribution is 5.39. The van der Waals surface area contributed by atoms with Gasteiger partial charge in [0.25, 0.3) is 0 Å². The molecule has 0 saturated carbocycles. The first-order valence-corrected chi connectivity index (χ1v) is 10.1. The lowest BCUT2D eigenvalue weighted by atomic mass is 10.0. The van der Waals surface area contributed by atoms with E-state index in [0.29, 0.717) is 11.3 Å². The molecule has 8 nitrogen and oxygen atoms in total. The smallest absolute Gasteiger partial charge is 0.238 e. The Morgan fingerprint density at radius 3 is 2.58 bits per heavy atom. The molecule has 1 aromatic heterocycles. The third-order valence-corrected chi connectivity index (χ3v) is 5.40. The van der Waals surface area contributed by atoms with Crippen LogP contribution in [0.5, 0.6) is 11.6 Å². The molecule has 2 aromatic rings. The van der Waals surface area contributed by atoms with Crippen LogP contribution in [0, 0.1) is 18.6 Å². The minimum absolute atomic E-state index is 0.00195. The molecular formula is C21H28F2N2O6. The Morgan fingerprint density at radius 1 is 1.26 bits per heavy atom. The van der Waals surface area contributed by atoms with Gasteiger partial charge in [0.1, 0.15) is 12.2 Å². The van der Waals surface area contributed by atoms with Crippen molar-refractivity contribution in [1.29, 1.82) is 0 Å². The number of nitrogens with zero attached hydrogens (tertiary/aromatic N) is 2. The maximum absolute atomic E-state index is 14.6. The van der Waals surface area contributed by atoms with Gasteiger partial charge in [-0.15, -0.1) is 5.10 Å². The fraction of sp³-hybridized carbons (Fsp3) is 0.571. The summed E-state index contributed by atoms with van der Waals surface area (Å²) in [7, 11) is 1.26. The van der Waals surface area contributed by atoms with Crippen molar-refractivity contribution < 1.29 is 38.3 Å². The molecule has 1 fully saturated rings. The van der Waals surface area contributed by atoms with E-state index in [1.165, 1.54) is 19.2 Å². The average Bonchev–Trinajstić information content (AvgIpc) is 3.03. The molecular weight excluding hydrogens is 414 g/mol. The fourth-order valence-electron chi connectivity index (χ4n) is 3.65. The molecule has 0 radical (unpaired) electrons. The highest BCUT2D eigenvalue weighted by Gasteiger charge is 2.38. The van der Waals surface area contributed by atoms with Crippen LogP contribution >= 0.6 is 0 Å². The highest BCUT2D eigenvalue weighted by atomic mass is 19.2. The van der Waals surface area contributed by atoms with E-state index in [1.54, 1.807) is 11.6 Å². The summed E-state index contributed by atoms with van der Waals surface area (Å²) in [5, 5.41) is 33.8. The van der Waals surface area contributed by atoms with Crippen molar-refractivity contribution in [3.63, 3.8) is 0 Å². The quantitative estimate of drug-likeness (QED) is 0.601. The maximum Gasteiger partial charge on any atom is 0.238 e. The van der Waals surface area contributed by atoms with Gasteiger partial charge in [0, 0.05) is 30.1 Å². The molecule has 172 valence electrons. The predicted octanol–water partition coefficient (Wildman–Crippen LogP) is 1.86. The molecule has 0 amide bonds. The third-order valence-electron chi connectivity index (χ3n) is 5.40. The lowest BCUT2D eigenvalue weighted by Gasteiger charge is -2.35. The Kier molecular flexibility index (Phi) is 7.15. The number of aromatic nitrogens is 2. The van der Waals surface area contributed by atoms with Gasteiger partial charge in [-0.25, -0.2) is 4.39 Å². The summed E-state index contributed by atoms with van der Waals surface area (Å²) < 4.78 is 46.7. The monoisotopic (exact) mass is 442 g/mol. The molecule has 2 heterocycles. The van der Waals surface area contributed by atoms with Gasteiger partial charge in [0.2, 0.25) is 18.0 Å². The zero-order valence-corrected chi connectivity index (χ0v) is 17.9. The van der Waals surface area contributed by atoms with E-state index < -0.39 is 42.8 Å². The van der Waals surface area contributed by atoms with Gasteiger partial charge < -0.3 is 29.5 Å². The van der Waals surface area contributed by atoms with Crippen LogP contribution in [0.2, 0.25) is 0 Å². The van der Waals surface area contributed by atoms with Gasteiger partial charge in [0.05, 0.1) is 19.8 Å². The first-order chi connectivity index (χ1) is 14.7. The van der Waals surface area contributed by atoms with Crippen molar-refractivity contribution in [3.05, 3.63) is 40.6 Å². The van der Waals surface area contributed by atoms with Crippen molar-refractivity contribution >= 4 is 0 Å². The highest BCUT2D eigenvalue weighted by Crippen LogP contribution is 2.32. The van der Waals surface area contributed by atoms with E-state index >= 15 is 0 Å². The molecule has 1 aliphatic rings. The molecule has 4 atom stereocenters. The summed E-state index contributed by atoms with van der Waals surface area (Å²) in [6, 6.07) is 2.76. The molecule has 1 aromatic carbocycles. The molecule has 1 saturated heterocycles. The lowest BCUT2D eigenvalue weighted by Crippen LogP contribution is -2.51. The topological polar surface area (TPSA) is 106 Å². The van der Waals surface area contributed by atoms with Crippen molar-refractivity contribution in [3.8, 4) is 11.6 Å². The summed E-state index contributed by atoms with van der Waals surface area (Å²) in [6.07, 6.45) is -4.44. The summed E-state index contributed by atoms with van der Waals surface area (Å²) in [4.78, 5) is 0. The number of benzene rings is 1. The molecule has 3 rings (SSSR count). The van der Waals surface area contributed by atoms with Crippen molar-refractivity contribution in [2.24, 2.45) is 0 Å². The normalized spacial score (nSPS) is 23.9. The van der Waals surface area contributed by atoms with Crippen LogP contribution in [0.15, 0.2) is 12.1 Å². The van der Waals surface area contributed by atoms with Gasteiger partial charge >= 0.3 is 0 Å². The summed E-state index contributed by atoms with van der Waals surface area (Å²) in [5.41, 5.74) is 1.33. The van der Waals surface area contributed by atoms with Crippen LogP contribution < -0.4 is 9.47 Å². The zero-order valence-electron chi connectivity index (χ0n) is 17.9. The van der Waals surface area contributed by atoms with Crippen LogP contribution in [-0.2, 0) is 11.2 Å². The second-order valence-electron chi connectivity index (χ2n) is 7.84. The van der Waals surface area contributed by atoms with Crippen molar-refractivity contribution in [2.75, 3.05) is 13.7 Å². The number of methoxy groups -OCH3 is 1. The van der Waals surface area contributed by atoms with E-state index in [1.807, 2.05) is 13.8 Å². The van der Waals surface area contributed by atoms with Gasteiger partial charge in [-0.2, -0.15) is 4.39 Å². The number of rotatable bonds is 7. The number of halogens is 2. The SMILES string of the molecule is COc1ccc(Cc2c(O[C@H]3C[C@@H](O)[C@H](O)[C@@H](CO)O3)nn(C(C)C)c2C)c(F)c1F. The van der Waals surface area contributed by atoms with Crippen molar-refractivity contribution in [1.82, 2.24) is 9.78 Å². The van der Waals surface area contributed by atoms with Gasteiger partial charge in [-0.05, 0) is 32.4 Å². The van der Waals surface area contributed by atoms with Crippen LogP contribution in [0.1, 0.15) is 43.1 Å². The summed E-state index contributed by atoms with van der Waals surface area (Å²) >= 11 is 0. The first kappa shape index (κ1) is 23.4. The van der Waals surface area contributed by atoms with Crippen molar-refractivity contribution in [2.45, 2.75) is 64.3 Å². The van der Waals surface area contributed by atoms with Crippen LogP contribution in [0.4, 0.5) is 8.78 Å². The molecule has 0 spiro atoms. The maximum atomic E-state index is 14.6. The molecule has 10 heteroatoms. The van der Waals surface area contributed by atoms with Crippen LogP contribution in [0.25, 0.3) is 0 Å². The van der Waals surface area contributed by atoms with E-state index in [0.717, 1.165) is 0 Å². The van der Waals surface area contributed by atoms with Gasteiger partial charge in [-0.3, -0.25) is 4.68 Å². The first-order valence-electron chi connectivity index (χ1n) is 10.1. The van der Waals surface area contributed by atoms with Gasteiger partial charge in [-0.1, -0.05) is 6.07 Å². The molecule has 0 unspecified atom stereocenters. The fourth-order valence-corrected chi connectivity index (χ4v) is 3.65. The third kappa shape index (κ3) is 4.67. The van der Waals surface area contributed by atoms with E-state index in [4.69, 9.17) is 14.2 Å². The second-order valence-corrected chi connectivity index (χ2v) is 7.84. The molecule has 0 bridgehead atoms. The molecule has 0 aliphatic carbocycles. The Morgan fingerprint density at radius 2 is 1.97 bits per heavy atom. The minimum Gasteiger partial charge on any atom is -0.494 e. The van der Waals surface area contributed by atoms with E-state index in [-0.39, 0.29) is 36.1 Å². The Balaban J connectivity index is 1.93. The summed E-state index contributed by atoms with van der Waals surface area (Å²) in [5.74, 6) is -2.14. The second kappa shape index (κ2) is 9.47. The van der Waals surface area contributed by atoms with Crippen LogP contribution in [-0.4, -0.2) is 63.4 Å². The Bertz CT molecular complexity index is 920. The lowest BCUT2D eigenvalue weighted by molar-refractivity contribution is -0.230. The number of aliphatic hydroxyl groups is 3. The average molecular weight is 442 g/mol. The number of ether oxygens (including phenoxy) is 3. The number of aliphatic hydroxyl groups excluding tert-OH is 3. The number of hydrogen-bond acceptors (Lipinski definition) is 7. The largest absolute Gasteiger partial charge is 0.494 e. The number of hydrogen-bond donors (Lipinski definition) is 3. The Hall–Kier alpha value is -2.27. The van der Waals surface area contributed by atoms with Gasteiger partial charge in [0.15, 0.2) is 11.6 Å². The standard InChI is InChI=1S/C21H28F2N2O6/c1-10(2)25-11(3)13(7-12-5-6-15(29-4)19(23)18(12)22)21(24-25)31-17-8-14(27)20(28)16(9-26)30-17/h5-6,10,14,16-17,20,26-28H,7-9H2,1-4H3/t14-,16-,17+,20+/m1/s1. The molecule has 1 aliphatic heterocycles. The van der Waals surface area contributed by atoms with E-state index in [2.05, 4.69) is 5.10 Å². The Labute approximate surface area is 179 Å². The summed E-state index contributed by atoms with van der Waals surface area (Å²) in [6.45, 7) is 5.13.